The Hall–Kier alpha value is -2.03. The van der Waals surface area contributed by atoms with Crippen LogP contribution in [0.3, 0.4) is 0 Å². The van der Waals surface area contributed by atoms with Crippen LogP contribution in [-0.2, 0) is 10.0 Å². The Kier molecular flexibility index (Phi) is 5.50. The minimum atomic E-state index is -3.65. The number of rotatable bonds is 3. The fourth-order valence-corrected chi connectivity index (χ4v) is 4.50. The second kappa shape index (κ2) is 7.53. The van der Waals surface area contributed by atoms with E-state index in [1.54, 1.807) is 24.3 Å². The van der Waals surface area contributed by atoms with E-state index in [1.165, 1.54) is 9.21 Å². The van der Waals surface area contributed by atoms with Gasteiger partial charge in [-0.05, 0) is 31.2 Å². The highest BCUT2D eigenvalue weighted by atomic mass is 35.5. The molecule has 1 saturated heterocycles. The Bertz CT molecular complexity index is 973. The summed E-state index contributed by atoms with van der Waals surface area (Å²) < 4.78 is 53.3. The standard InChI is InChI=1S/C18H17ClF2N2O3S/c1-12-2-4-13(5-3-12)27(25,26)23-8-6-22(7-9-23)18(24)14-10-16(20)17(21)11-15(14)19/h2-5,10-11H,6-9H2,1H3. The van der Waals surface area contributed by atoms with Gasteiger partial charge >= 0.3 is 0 Å². The molecule has 0 atom stereocenters. The van der Waals surface area contributed by atoms with Crippen LogP contribution in [0.2, 0.25) is 5.02 Å². The summed E-state index contributed by atoms with van der Waals surface area (Å²) in [5, 5.41) is -0.186. The number of piperazine rings is 1. The van der Waals surface area contributed by atoms with Gasteiger partial charge in [-0.15, -0.1) is 0 Å². The molecule has 0 radical (unpaired) electrons. The highest BCUT2D eigenvalue weighted by molar-refractivity contribution is 7.89. The number of carbonyl (C=O) groups is 1. The van der Waals surface area contributed by atoms with Gasteiger partial charge in [0.25, 0.3) is 5.91 Å². The lowest BCUT2D eigenvalue weighted by Crippen LogP contribution is -2.50. The number of nitrogens with zero attached hydrogens (tertiary/aromatic N) is 2. The predicted octanol–water partition coefficient (Wildman–Crippen LogP) is 3.07. The molecule has 2 aromatic rings. The van der Waals surface area contributed by atoms with E-state index < -0.39 is 27.6 Å². The van der Waals surface area contributed by atoms with Crippen molar-refractivity contribution in [2.24, 2.45) is 0 Å². The van der Waals surface area contributed by atoms with Gasteiger partial charge in [0.05, 0.1) is 15.5 Å². The molecule has 0 unspecified atom stereocenters. The van der Waals surface area contributed by atoms with E-state index in [1.807, 2.05) is 6.92 Å². The Morgan fingerprint density at radius 2 is 1.56 bits per heavy atom. The van der Waals surface area contributed by atoms with E-state index in [0.29, 0.717) is 0 Å². The summed E-state index contributed by atoms with van der Waals surface area (Å²) in [5.74, 6) is -2.86. The van der Waals surface area contributed by atoms with Crippen molar-refractivity contribution in [1.82, 2.24) is 9.21 Å². The molecular formula is C18H17ClF2N2O3S. The number of sulfonamides is 1. The van der Waals surface area contributed by atoms with Gasteiger partial charge in [0.1, 0.15) is 0 Å². The van der Waals surface area contributed by atoms with Gasteiger partial charge in [-0.25, -0.2) is 17.2 Å². The molecule has 1 aliphatic heterocycles. The Labute approximate surface area is 161 Å². The zero-order valence-electron chi connectivity index (χ0n) is 14.5. The summed E-state index contributed by atoms with van der Waals surface area (Å²) in [6.07, 6.45) is 0. The van der Waals surface area contributed by atoms with E-state index in [2.05, 4.69) is 0 Å². The third kappa shape index (κ3) is 3.97. The molecule has 3 rings (SSSR count). The van der Waals surface area contributed by atoms with Crippen LogP contribution in [0, 0.1) is 18.6 Å². The lowest BCUT2D eigenvalue weighted by atomic mass is 10.1. The molecule has 0 saturated carbocycles. The second-order valence-electron chi connectivity index (χ2n) is 6.26. The van der Waals surface area contributed by atoms with Crippen molar-refractivity contribution in [2.45, 2.75) is 11.8 Å². The minimum absolute atomic E-state index is 0.100. The van der Waals surface area contributed by atoms with Crippen LogP contribution in [0.15, 0.2) is 41.3 Å². The Morgan fingerprint density at radius 3 is 2.15 bits per heavy atom. The van der Waals surface area contributed by atoms with Gasteiger partial charge in [-0.3, -0.25) is 4.79 Å². The summed E-state index contributed by atoms with van der Waals surface area (Å²) in [6, 6.07) is 8.04. The molecule has 0 spiro atoms. The molecule has 1 heterocycles. The molecule has 0 bridgehead atoms. The number of hydrogen-bond acceptors (Lipinski definition) is 3. The zero-order valence-corrected chi connectivity index (χ0v) is 16.0. The van der Waals surface area contributed by atoms with Gasteiger partial charge in [0.2, 0.25) is 10.0 Å². The molecule has 0 aliphatic carbocycles. The van der Waals surface area contributed by atoms with E-state index in [4.69, 9.17) is 11.6 Å². The number of carbonyl (C=O) groups excluding carboxylic acids is 1. The van der Waals surface area contributed by atoms with Crippen LogP contribution in [0.25, 0.3) is 0 Å². The monoisotopic (exact) mass is 414 g/mol. The maximum Gasteiger partial charge on any atom is 0.255 e. The van der Waals surface area contributed by atoms with E-state index in [-0.39, 0.29) is 41.7 Å². The highest BCUT2D eigenvalue weighted by Gasteiger charge is 2.31. The van der Waals surface area contributed by atoms with Crippen LogP contribution in [0.4, 0.5) is 8.78 Å². The lowest BCUT2D eigenvalue weighted by molar-refractivity contribution is 0.0697. The molecule has 1 amide bonds. The van der Waals surface area contributed by atoms with E-state index in [9.17, 15) is 22.0 Å². The molecule has 9 heteroatoms. The topological polar surface area (TPSA) is 57.7 Å². The van der Waals surface area contributed by atoms with E-state index >= 15 is 0 Å². The molecular weight excluding hydrogens is 398 g/mol. The summed E-state index contributed by atoms with van der Waals surface area (Å²) in [6.45, 7) is 2.31. The molecule has 1 aliphatic rings. The zero-order chi connectivity index (χ0) is 19.8. The SMILES string of the molecule is Cc1ccc(S(=O)(=O)N2CCN(C(=O)c3cc(F)c(F)cc3Cl)CC2)cc1. The van der Waals surface area contributed by atoms with Crippen molar-refractivity contribution in [3.8, 4) is 0 Å². The molecule has 144 valence electrons. The number of amides is 1. The highest BCUT2D eigenvalue weighted by Crippen LogP contribution is 2.23. The van der Waals surface area contributed by atoms with Crippen molar-refractivity contribution >= 4 is 27.5 Å². The van der Waals surface area contributed by atoms with Crippen LogP contribution in [0.5, 0.6) is 0 Å². The fourth-order valence-electron chi connectivity index (χ4n) is 2.85. The molecule has 2 aromatic carbocycles. The summed E-state index contributed by atoms with van der Waals surface area (Å²) in [7, 11) is -3.65. The Balaban J connectivity index is 1.72. The minimum Gasteiger partial charge on any atom is -0.336 e. The first-order chi connectivity index (χ1) is 12.7. The first kappa shape index (κ1) is 19.7. The number of halogens is 3. The molecule has 1 fully saturated rings. The van der Waals surface area contributed by atoms with Crippen LogP contribution in [-0.4, -0.2) is 49.7 Å². The lowest BCUT2D eigenvalue weighted by Gasteiger charge is -2.34. The van der Waals surface area contributed by atoms with Gasteiger partial charge < -0.3 is 4.90 Å². The van der Waals surface area contributed by atoms with Crippen LogP contribution < -0.4 is 0 Å². The smallest absolute Gasteiger partial charge is 0.255 e. The molecule has 0 aromatic heterocycles. The maximum absolute atomic E-state index is 13.4. The summed E-state index contributed by atoms with van der Waals surface area (Å²) >= 11 is 5.85. The Morgan fingerprint density at radius 1 is 1.00 bits per heavy atom. The molecule has 27 heavy (non-hydrogen) atoms. The molecule has 0 N–H and O–H groups in total. The van der Waals surface area contributed by atoms with Crippen molar-refractivity contribution in [3.63, 3.8) is 0 Å². The third-order valence-electron chi connectivity index (χ3n) is 4.42. The van der Waals surface area contributed by atoms with Gasteiger partial charge in [0.15, 0.2) is 11.6 Å². The predicted molar refractivity (Wildman–Crippen MR) is 97.2 cm³/mol. The summed E-state index contributed by atoms with van der Waals surface area (Å²) in [4.78, 5) is 14.1. The number of aryl methyl sites for hydroxylation is 1. The van der Waals surface area contributed by atoms with Gasteiger partial charge in [-0.2, -0.15) is 4.31 Å². The maximum atomic E-state index is 13.4. The van der Waals surface area contributed by atoms with Crippen molar-refractivity contribution in [1.29, 1.82) is 0 Å². The van der Waals surface area contributed by atoms with Gasteiger partial charge in [0, 0.05) is 26.2 Å². The molecule has 5 nitrogen and oxygen atoms in total. The van der Waals surface area contributed by atoms with Gasteiger partial charge in [-0.1, -0.05) is 29.3 Å². The number of hydrogen-bond donors (Lipinski definition) is 0. The van der Waals surface area contributed by atoms with Crippen molar-refractivity contribution < 1.29 is 22.0 Å². The first-order valence-corrected chi connectivity index (χ1v) is 10.0. The average molecular weight is 415 g/mol. The fraction of sp³-hybridized carbons (Fsp3) is 0.278. The van der Waals surface area contributed by atoms with E-state index in [0.717, 1.165) is 17.7 Å². The quantitative estimate of drug-likeness (QED) is 0.725. The van der Waals surface area contributed by atoms with Crippen LogP contribution >= 0.6 is 11.6 Å². The first-order valence-electron chi connectivity index (χ1n) is 8.21. The second-order valence-corrected chi connectivity index (χ2v) is 8.60. The van der Waals surface area contributed by atoms with Crippen molar-refractivity contribution in [3.05, 3.63) is 64.2 Å². The van der Waals surface area contributed by atoms with Crippen LogP contribution in [0.1, 0.15) is 15.9 Å². The third-order valence-corrected chi connectivity index (χ3v) is 6.65. The number of benzene rings is 2. The normalized spacial score (nSPS) is 15.8. The van der Waals surface area contributed by atoms with Crippen molar-refractivity contribution in [2.75, 3.05) is 26.2 Å². The largest absolute Gasteiger partial charge is 0.336 e. The average Bonchev–Trinajstić information content (AvgIpc) is 2.64. The summed E-state index contributed by atoms with van der Waals surface area (Å²) in [5.41, 5.74) is 0.804.